The van der Waals surface area contributed by atoms with E-state index >= 15 is 0 Å². The van der Waals surface area contributed by atoms with Crippen molar-refractivity contribution >= 4 is 27.5 Å². The maximum Gasteiger partial charge on any atom is 0.218 e. The second-order valence-corrected chi connectivity index (χ2v) is 5.71. The molecule has 0 aliphatic rings. The lowest BCUT2D eigenvalue weighted by molar-refractivity contribution is 0.196. The molecule has 4 heteroatoms. The number of unbranched alkanes of at least 4 members (excludes halogenated alkanes) is 3. The molecular weight excluding hydrogens is 314 g/mol. The van der Waals surface area contributed by atoms with Crippen molar-refractivity contribution < 1.29 is 4.74 Å². The van der Waals surface area contributed by atoms with E-state index in [9.17, 15) is 0 Å². The van der Waals surface area contributed by atoms with Gasteiger partial charge < -0.3 is 4.74 Å². The van der Waals surface area contributed by atoms with Crippen LogP contribution in [0.3, 0.4) is 0 Å². The minimum Gasteiger partial charge on any atom is -0.474 e. The van der Waals surface area contributed by atoms with Gasteiger partial charge in [-0.2, -0.15) is 0 Å². The minimum absolute atomic E-state index is 0.192. The molecule has 0 radical (unpaired) electrons. The molecule has 0 saturated heterocycles. The van der Waals surface area contributed by atoms with Gasteiger partial charge in [-0.1, -0.05) is 26.2 Å². The van der Waals surface area contributed by atoms with Gasteiger partial charge in [0.2, 0.25) is 5.88 Å². The zero-order valence-corrected chi connectivity index (χ0v) is 13.4. The Hall–Kier alpha value is -0.280. The van der Waals surface area contributed by atoms with Crippen LogP contribution in [0, 0.1) is 0 Å². The Morgan fingerprint density at radius 3 is 2.83 bits per heavy atom. The van der Waals surface area contributed by atoms with Gasteiger partial charge in [0.15, 0.2) is 0 Å². The molecule has 2 nitrogen and oxygen atoms in total. The topological polar surface area (TPSA) is 22.1 Å². The molecule has 1 rings (SSSR count). The summed E-state index contributed by atoms with van der Waals surface area (Å²) in [6.45, 7) is 4.31. The van der Waals surface area contributed by atoms with Crippen LogP contribution < -0.4 is 4.74 Å². The van der Waals surface area contributed by atoms with Crippen LogP contribution in [0.15, 0.2) is 16.7 Å². The van der Waals surface area contributed by atoms with Crippen LogP contribution in [0.1, 0.15) is 51.5 Å². The summed E-state index contributed by atoms with van der Waals surface area (Å²) in [6.07, 6.45) is 8.06. The van der Waals surface area contributed by atoms with Gasteiger partial charge in [0.1, 0.15) is 0 Å². The van der Waals surface area contributed by atoms with E-state index in [0.29, 0.717) is 11.8 Å². The largest absolute Gasteiger partial charge is 0.474 e. The number of pyridine rings is 1. The molecule has 0 aliphatic carbocycles. The average Bonchev–Trinajstić information content (AvgIpc) is 2.37. The van der Waals surface area contributed by atoms with Gasteiger partial charge in [-0.3, -0.25) is 0 Å². The average molecular weight is 335 g/mol. The minimum atomic E-state index is 0.192. The molecule has 102 valence electrons. The van der Waals surface area contributed by atoms with E-state index in [4.69, 9.17) is 16.3 Å². The first kappa shape index (κ1) is 15.8. The third-order valence-corrected chi connectivity index (χ3v) is 3.53. The number of ether oxygens (including phenoxy) is 1. The van der Waals surface area contributed by atoms with Crippen molar-refractivity contribution in [1.29, 1.82) is 0 Å². The highest BCUT2D eigenvalue weighted by atomic mass is 79.9. The van der Waals surface area contributed by atoms with E-state index < -0.39 is 0 Å². The zero-order valence-electron chi connectivity index (χ0n) is 11.1. The Morgan fingerprint density at radius 2 is 2.17 bits per heavy atom. The lowest BCUT2D eigenvalue weighted by atomic mass is 10.1. The number of rotatable bonds is 8. The van der Waals surface area contributed by atoms with Gasteiger partial charge >= 0.3 is 0 Å². The second-order valence-electron chi connectivity index (χ2n) is 4.53. The molecule has 0 saturated carbocycles. The third-order valence-electron chi connectivity index (χ3n) is 2.81. The Balaban J connectivity index is 2.45. The van der Waals surface area contributed by atoms with Crippen molar-refractivity contribution in [2.24, 2.45) is 0 Å². The summed E-state index contributed by atoms with van der Waals surface area (Å²) < 4.78 is 6.79. The monoisotopic (exact) mass is 333 g/mol. The van der Waals surface area contributed by atoms with Gasteiger partial charge in [-0.15, -0.1) is 11.6 Å². The standard InChI is InChI=1S/C14H21BrClNO/c1-3-4-5-6-7-11(2)18-14-12(9-16)8-13(15)10-17-14/h8,10-11H,3-7,9H2,1-2H3. The Labute approximate surface area is 123 Å². The molecule has 0 fully saturated rings. The molecule has 0 spiro atoms. The number of halogens is 2. The van der Waals surface area contributed by atoms with Crippen molar-refractivity contribution in [2.45, 2.75) is 57.9 Å². The van der Waals surface area contributed by atoms with Crippen LogP contribution in [0.5, 0.6) is 5.88 Å². The van der Waals surface area contributed by atoms with E-state index in [0.717, 1.165) is 16.5 Å². The first-order valence-corrected chi connectivity index (χ1v) is 7.87. The van der Waals surface area contributed by atoms with Crippen molar-refractivity contribution in [3.63, 3.8) is 0 Å². The molecule has 1 heterocycles. The van der Waals surface area contributed by atoms with Crippen molar-refractivity contribution in [3.8, 4) is 5.88 Å². The molecule has 1 aromatic heterocycles. The molecule has 1 unspecified atom stereocenters. The first-order chi connectivity index (χ1) is 8.67. The number of aromatic nitrogens is 1. The molecule has 0 amide bonds. The predicted molar refractivity (Wildman–Crippen MR) is 80.3 cm³/mol. The van der Waals surface area contributed by atoms with Gasteiger partial charge in [-0.25, -0.2) is 4.98 Å². The van der Waals surface area contributed by atoms with Crippen LogP contribution in [-0.4, -0.2) is 11.1 Å². The van der Waals surface area contributed by atoms with Crippen LogP contribution in [0.2, 0.25) is 0 Å². The predicted octanol–water partition coefficient (Wildman–Crippen LogP) is 5.32. The highest BCUT2D eigenvalue weighted by Crippen LogP contribution is 2.23. The highest BCUT2D eigenvalue weighted by molar-refractivity contribution is 9.10. The smallest absolute Gasteiger partial charge is 0.218 e. The molecule has 1 aromatic rings. The van der Waals surface area contributed by atoms with E-state index in [-0.39, 0.29) is 6.10 Å². The number of hydrogen-bond donors (Lipinski definition) is 0. The SMILES string of the molecule is CCCCCCC(C)Oc1ncc(Br)cc1CCl. The molecule has 0 aromatic carbocycles. The Kier molecular flexibility index (Phi) is 7.68. The molecule has 0 N–H and O–H groups in total. The maximum absolute atomic E-state index is 5.89. The number of nitrogens with zero attached hydrogens (tertiary/aromatic N) is 1. The van der Waals surface area contributed by atoms with Crippen LogP contribution in [-0.2, 0) is 5.88 Å². The summed E-state index contributed by atoms with van der Waals surface area (Å²) in [6, 6.07) is 1.96. The summed E-state index contributed by atoms with van der Waals surface area (Å²) in [7, 11) is 0. The molecule has 18 heavy (non-hydrogen) atoms. The van der Waals surface area contributed by atoms with Crippen LogP contribution in [0.4, 0.5) is 0 Å². The fraction of sp³-hybridized carbons (Fsp3) is 0.643. The van der Waals surface area contributed by atoms with Crippen LogP contribution >= 0.6 is 27.5 Å². The summed E-state index contributed by atoms with van der Waals surface area (Å²) in [5.41, 5.74) is 0.937. The van der Waals surface area contributed by atoms with Crippen molar-refractivity contribution in [3.05, 3.63) is 22.3 Å². The van der Waals surface area contributed by atoms with Gasteiger partial charge in [0, 0.05) is 16.2 Å². The fourth-order valence-corrected chi connectivity index (χ4v) is 2.35. The van der Waals surface area contributed by atoms with E-state index in [1.54, 1.807) is 6.20 Å². The maximum atomic E-state index is 5.89. The summed E-state index contributed by atoms with van der Waals surface area (Å²) in [5.74, 6) is 1.08. The third kappa shape index (κ3) is 5.57. The fourth-order valence-electron chi connectivity index (χ4n) is 1.78. The van der Waals surface area contributed by atoms with Crippen molar-refractivity contribution in [2.75, 3.05) is 0 Å². The normalized spacial score (nSPS) is 12.4. The quantitative estimate of drug-likeness (QED) is 0.474. The first-order valence-electron chi connectivity index (χ1n) is 6.54. The molecule has 0 bridgehead atoms. The summed E-state index contributed by atoms with van der Waals surface area (Å²) >= 11 is 9.28. The molecule has 1 atom stereocenters. The van der Waals surface area contributed by atoms with Crippen LogP contribution in [0.25, 0.3) is 0 Å². The highest BCUT2D eigenvalue weighted by Gasteiger charge is 2.09. The Morgan fingerprint density at radius 1 is 1.39 bits per heavy atom. The van der Waals surface area contributed by atoms with E-state index in [1.807, 2.05) is 6.07 Å². The van der Waals surface area contributed by atoms with Gasteiger partial charge in [-0.05, 0) is 41.8 Å². The number of alkyl halides is 1. The van der Waals surface area contributed by atoms with Crippen molar-refractivity contribution in [1.82, 2.24) is 4.98 Å². The lowest BCUT2D eigenvalue weighted by Gasteiger charge is -2.15. The second kappa shape index (κ2) is 8.76. The van der Waals surface area contributed by atoms with E-state index in [2.05, 4.69) is 34.8 Å². The summed E-state index contributed by atoms with van der Waals surface area (Å²) in [5, 5.41) is 0. The lowest BCUT2D eigenvalue weighted by Crippen LogP contribution is -2.13. The van der Waals surface area contributed by atoms with Gasteiger partial charge in [0.25, 0.3) is 0 Å². The molecular formula is C14H21BrClNO. The Bertz CT molecular complexity index is 360. The van der Waals surface area contributed by atoms with E-state index in [1.165, 1.54) is 25.7 Å². The summed E-state index contributed by atoms with van der Waals surface area (Å²) in [4.78, 5) is 4.28. The molecule has 0 aliphatic heterocycles. The zero-order chi connectivity index (χ0) is 13.4. The number of hydrogen-bond acceptors (Lipinski definition) is 2. The van der Waals surface area contributed by atoms with Gasteiger partial charge in [0.05, 0.1) is 12.0 Å².